The molecule has 1 saturated carbocycles. The molecule has 5 heteroatoms. The summed E-state index contributed by atoms with van der Waals surface area (Å²) >= 11 is 1.55. The largest absolute Gasteiger partial charge is 0.494 e. The minimum atomic E-state index is -0.374. The highest BCUT2D eigenvalue weighted by atomic mass is 32.1. The molecule has 3 nitrogen and oxygen atoms in total. The molecule has 1 aromatic carbocycles. The van der Waals surface area contributed by atoms with Crippen molar-refractivity contribution in [1.29, 1.82) is 0 Å². The van der Waals surface area contributed by atoms with Crippen LogP contribution in [0.1, 0.15) is 24.3 Å². The molecule has 3 rings (SSSR count). The van der Waals surface area contributed by atoms with Crippen LogP contribution in [0.25, 0.3) is 11.3 Å². The smallest absolute Gasteiger partial charge is 0.165 e. The molecule has 2 aromatic rings. The van der Waals surface area contributed by atoms with Gasteiger partial charge in [-0.1, -0.05) is 0 Å². The van der Waals surface area contributed by atoms with Crippen molar-refractivity contribution in [2.45, 2.75) is 24.8 Å². The fraction of sp³-hybridized carbons (Fsp3) is 0.357. The second kappa shape index (κ2) is 4.58. The zero-order chi connectivity index (χ0) is 13.5. The maximum Gasteiger partial charge on any atom is 0.165 e. The molecule has 0 amide bonds. The van der Waals surface area contributed by atoms with E-state index in [-0.39, 0.29) is 17.1 Å². The van der Waals surface area contributed by atoms with Gasteiger partial charge in [-0.25, -0.2) is 9.37 Å². The van der Waals surface area contributed by atoms with E-state index in [1.165, 1.54) is 13.2 Å². The normalized spacial score (nSPS) is 17.0. The Morgan fingerprint density at radius 3 is 2.79 bits per heavy atom. The first kappa shape index (κ1) is 12.6. The van der Waals surface area contributed by atoms with Crippen LogP contribution in [0.4, 0.5) is 4.39 Å². The lowest BCUT2D eigenvalue weighted by molar-refractivity contribution is 0.253. The molecule has 0 radical (unpaired) electrons. The average Bonchev–Trinajstić information content (AvgIpc) is 2.85. The van der Waals surface area contributed by atoms with Crippen molar-refractivity contribution in [3.63, 3.8) is 0 Å². The van der Waals surface area contributed by atoms with E-state index in [2.05, 4.69) is 4.98 Å². The van der Waals surface area contributed by atoms with E-state index in [1.54, 1.807) is 17.4 Å². The van der Waals surface area contributed by atoms with Gasteiger partial charge in [-0.3, -0.25) is 0 Å². The van der Waals surface area contributed by atoms with Gasteiger partial charge in [-0.05, 0) is 37.5 Å². The van der Waals surface area contributed by atoms with E-state index in [4.69, 9.17) is 10.5 Å². The summed E-state index contributed by atoms with van der Waals surface area (Å²) in [5.74, 6) is -0.130. The van der Waals surface area contributed by atoms with E-state index in [1.807, 2.05) is 11.4 Å². The van der Waals surface area contributed by atoms with Crippen molar-refractivity contribution in [3.8, 4) is 17.0 Å². The van der Waals surface area contributed by atoms with E-state index in [9.17, 15) is 4.39 Å². The summed E-state index contributed by atoms with van der Waals surface area (Å²) in [6.07, 6.45) is 3.12. The zero-order valence-corrected chi connectivity index (χ0v) is 11.5. The summed E-state index contributed by atoms with van der Waals surface area (Å²) in [6.45, 7) is 0. The lowest BCUT2D eigenvalue weighted by atomic mass is 9.78. The van der Waals surface area contributed by atoms with Gasteiger partial charge >= 0.3 is 0 Å². The van der Waals surface area contributed by atoms with Crippen molar-refractivity contribution in [2.75, 3.05) is 7.11 Å². The van der Waals surface area contributed by atoms with E-state index < -0.39 is 0 Å². The molecule has 0 spiro atoms. The fourth-order valence-corrected chi connectivity index (χ4v) is 3.23. The van der Waals surface area contributed by atoms with Gasteiger partial charge in [0.2, 0.25) is 0 Å². The Bertz CT molecular complexity index is 607. The third kappa shape index (κ3) is 2.13. The van der Waals surface area contributed by atoms with Crippen LogP contribution < -0.4 is 10.5 Å². The predicted octanol–water partition coefficient (Wildman–Crippen LogP) is 3.30. The third-order valence-electron chi connectivity index (χ3n) is 3.62. The number of nitrogens with two attached hydrogens (primary N) is 1. The van der Waals surface area contributed by atoms with Crippen LogP contribution >= 0.6 is 11.3 Å². The lowest BCUT2D eigenvalue weighted by Gasteiger charge is -2.35. The Kier molecular flexibility index (Phi) is 3.03. The number of aromatic nitrogens is 1. The summed E-state index contributed by atoms with van der Waals surface area (Å²) in [7, 11) is 1.45. The molecule has 1 aromatic heterocycles. The van der Waals surface area contributed by atoms with Gasteiger partial charge in [0.25, 0.3) is 0 Å². The van der Waals surface area contributed by atoms with Gasteiger partial charge in [0.1, 0.15) is 5.01 Å². The number of ether oxygens (including phenoxy) is 1. The molecule has 0 aliphatic heterocycles. The number of rotatable bonds is 3. The van der Waals surface area contributed by atoms with Crippen LogP contribution in [0.2, 0.25) is 0 Å². The number of halogens is 1. The summed E-state index contributed by atoms with van der Waals surface area (Å²) in [5.41, 5.74) is 7.52. The Hall–Kier alpha value is -1.46. The first-order valence-corrected chi connectivity index (χ1v) is 7.09. The number of nitrogens with zero attached hydrogens (tertiary/aromatic N) is 1. The van der Waals surface area contributed by atoms with Gasteiger partial charge in [0.15, 0.2) is 11.6 Å². The molecule has 0 atom stereocenters. The van der Waals surface area contributed by atoms with Crippen LogP contribution in [0.3, 0.4) is 0 Å². The molecule has 1 fully saturated rings. The molecular formula is C14H15FN2OS. The minimum Gasteiger partial charge on any atom is -0.494 e. The Morgan fingerprint density at radius 2 is 2.21 bits per heavy atom. The summed E-state index contributed by atoms with van der Waals surface area (Å²) in [6, 6.07) is 4.87. The molecule has 2 N–H and O–H groups in total. The Morgan fingerprint density at radius 1 is 1.42 bits per heavy atom. The summed E-state index contributed by atoms with van der Waals surface area (Å²) < 4.78 is 18.6. The second-order valence-corrected chi connectivity index (χ2v) is 5.76. The molecule has 0 saturated heterocycles. The SMILES string of the molecule is COc1ccc(-c2csc(C3(N)CCC3)n2)cc1F. The number of hydrogen-bond acceptors (Lipinski definition) is 4. The van der Waals surface area contributed by atoms with Crippen molar-refractivity contribution in [2.24, 2.45) is 5.73 Å². The zero-order valence-electron chi connectivity index (χ0n) is 10.6. The molecular weight excluding hydrogens is 263 g/mol. The number of hydrogen-bond donors (Lipinski definition) is 1. The lowest BCUT2D eigenvalue weighted by Crippen LogP contribution is -2.43. The van der Waals surface area contributed by atoms with Crippen LogP contribution in [0.15, 0.2) is 23.6 Å². The van der Waals surface area contributed by atoms with Crippen molar-refractivity contribution >= 4 is 11.3 Å². The van der Waals surface area contributed by atoms with Gasteiger partial charge < -0.3 is 10.5 Å². The highest BCUT2D eigenvalue weighted by molar-refractivity contribution is 7.10. The van der Waals surface area contributed by atoms with Crippen molar-refractivity contribution in [1.82, 2.24) is 4.98 Å². The Labute approximate surface area is 115 Å². The highest BCUT2D eigenvalue weighted by Gasteiger charge is 2.37. The standard InChI is InChI=1S/C14H15FN2OS/c1-18-12-4-3-9(7-10(12)15)11-8-19-13(17-11)14(16)5-2-6-14/h3-4,7-8H,2,5-6,16H2,1H3. The van der Waals surface area contributed by atoms with Gasteiger partial charge in [0.05, 0.1) is 18.3 Å². The summed E-state index contributed by atoms with van der Waals surface area (Å²) in [5, 5.41) is 2.88. The van der Waals surface area contributed by atoms with Crippen molar-refractivity contribution in [3.05, 3.63) is 34.4 Å². The van der Waals surface area contributed by atoms with Crippen LogP contribution in [-0.4, -0.2) is 12.1 Å². The first-order chi connectivity index (χ1) is 9.12. The second-order valence-electron chi connectivity index (χ2n) is 4.90. The van der Waals surface area contributed by atoms with Crippen molar-refractivity contribution < 1.29 is 9.13 Å². The first-order valence-electron chi connectivity index (χ1n) is 6.21. The quantitative estimate of drug-likeness (QED) is 0.937. The van der Waals surface area contributed by atoms with Crippen LogP contribution in [0.5, 0.6) is 5.75 Å². The van der Waals surface area contributed by atoms with E-state index in [0.717, 1.165) is 35.5 Å². The molecule has 19 heavy (non-hydrogen) atoms. The van der Waals surface area contributed by atoms with Gasteiger partial charge in [-0.2, -0.15) is 0 Å². The predicted molar refractivity (Wildman–Crippen MR) is 73.8 cm³/mol. The molecule has 1 aliphatic rings. The molecule has 1 heterocycles. The molecule has 0 unspecified atom stereocenters. The van der Waals surface area contributed by atoms with Crippen LogP contribution in [0, 0.1) is 5.82 Å². The average molecular weight is 278 g/mol. The third-order valence-corrected chi connectivity index (χ3v) is 4.69. The summed E-state index contributed by atoms with van der Waals surface area (Å²) in [4.78, 5) is 4.56. The monoisotopic (exact) mass is 278 g/mol. The van der Waals surface area contributed by atoms with Crippen LogP contribution in [-0.2, 0) is 5.54 Å². The highest BCUT2D eigenvalue weighted by Crippen LogP contribution is 2.41. The number of benzene rings is 1. The van der Waals surface area contributed by atoms with Gasteiger partial charge in [0, 0.05) is 10.9 Å². The molecule has 0 bridgehead atoms. The molecule has 100 valence electrons. The van der Waals surface area contributed by atoms with Gasteiger partial charge in [-0.15, -0.1) is 11.3 Å². The Balaban J connectivity index is 1.92. The topological polar surface area (TPSA) is 48.1 Å². The number of methoxy groups -OCH3 is 1. The maximum absolute atomic E-state index is 13.7. The molecule has 1 aliphatic carbocycles. The fourth-order valence-electron chi connectivity index (χ4n) is 2.23. The number of thiazole rings is 1. The van der Waals surface area contributed by atoms with E-state index >= 15 is 0 Å². The maximum atomic E-state index is 13.7. The minimum absolute atomic E-state index is 0.244. The van der Waals surface area contributed by atoms with E-state index in [0.29, 0.717) is 0 Å².